The Hall–Kier alpha value is -0.450. The van der Waals surface area contributed by atoms with E-state index in [1.54, 1.807) is 6.07 Å². The molecule has 1 saturated heterocycles. The van der Waals surface area contributed by atoms with Crippen molar-refractivity contribution in [2.75, 3.05) is 13.1 Å². The van der Waals surface area contributed by atoms with Gasteiger partial charge < -0.3 is 5.32 Å². The lowest BCUT2D eigenvalue weighted by atomic mass is 10.1. The summed E-state index contributed by atoms with van der Waals surface area (Å²) in [5.41, 5.74) is 1.07. The lowest BCUT2D eigenvalue weighted by molar-refractivity contribution is 0.231. The van der Waals surface area contributed by atoms with Crippen LogP contribution in [0.4, 0.5) is 4.39 Å². The number of nitrogens with zero attached hydrogens (tertiary/aromatic N) is 1. The number of hydrogen-bond donors (Lipinski definition) is 1. The highest BCUT2D eigenvalue weighted by Crippen LogP contribution is 2.29. The molecular formula is C15H20BrFN2. The van der Waals surface area contributed by atoms with Gasteiger partial charge in [0.05, 0.1) is 4.47 Å². The Morgan fingerprint density at radius 1 is 1.32 bits per heavy atom. The molecule has 1 aliphatic heterocycles. The Bertz CT molecular complexity index is 442. The number of nitrogens with one attached hydrogen (secondary N) is 1. The van der Waals surface area contributed by atoms with Crippen molar-refractivity contribution >= 4 is 15.9 Å². The van der Waals surface area contributed by atoms with Crippen molar-refractivity contribution in [2.24, 2.45) is 0 Å². The summed E-state index contributed by atoms with van der Waals surface area (Å²) in [7, 11) is 0. The summed E-state index contributed by atoms with van der Waals surface area (Å²) in [4.78, 5) is 2.52. The van der Waals surface area contributed by atoms with Crippen LogP contribution < -0.4 is 5.32 Å². The van der Waals surface area contributed by atoms with E-state index >= 15 is 0 Å². The van der Waals surface area contributed by atoms with Crippen LogP contribution >= 0.6 is 15.9 Å². The highest BCUT2D eigenvalue weighted by Gasteiger charge is 2.31. The molecule has 1 saturated carbocycles. The predicted octanol–water partition coefficient (Wildman–Crippen LogP) is 3.30. The van der Waals surface area contributed by atoms with Crippen LogP contribution in [0.3, 0.4) is 0 Å². The summed E-state index contributed by atoms with van der Waals surface area (Å²) < 4.78 is 14.1. The number of halogens is 2. The van der Waals surface area contributed by atoms with Crippen molar-refractivity contribution in [2.45, 2.75) is 44.3 Å². The first-order chi connectivity index (χ1) is 9.22. The van der Waals surface area contributed by atoms with E-state index in [0.717, 1.165) is 25.2 Å². The molecule has 0 spiro atoms. The van der Waals surface area contributed by atoms with Crippen molar-refractivity contribution < 1.29 is 4.39 Å². The maximum absolute atomic E-state index is 13.6. The molecule has 0 radical (unpaired) electrons. The molecule has 1 atom stereocenters. The van der Waals surface area contributed by atoms with Gasteiger partial charge in [0.25, 0.3) is 0 Å². The van der Waals surface area contributed by atoms with Gasteiger partial charge in [-0.15, -0.1) is 0 Å². The van der Waals surface area contributed by atoms with Crippen LogP contribution in [0.1, 0.15) is 31.2 Å². The van der Waals surface area contributed by atoms with Crippen molar-refractivity contribution in [3.8, 4) is 0 Å². The summed E-state index contributed by atoms with van der Waals surface area (Å²) in [5.74, 6) is -0.160. The molecule has 1 N–H and O–H groups in total. The highest BCUT2D eigenvalue weighted by molar-refractivity contribution is 9.10. The van der Waals surface area contributed by atoms with E-state index in [1.165, 1.54) is 25.7 Å². The van der Waals surface area contributed by atoms with E-state index in [-0.39, 0.29) is 5.82 Å². The lowest BCUT2D eigenvalue weighted by Gasteiger charge is -2.25. The molecule has 1 aromatic rings. The minimum Gasteiger partial charge on any atom is -0.313 e. The number of hydrogen-bond acceptors (Lipinski definition) is 2. The van der Waals surface area contributed by atoms with Crippen LogP contribution in [0.25, 0.3) is 0 Å². The van der Waals surface area contributed by atoms with Crippen molar-refractivity contribution in [3.05, 3.63) is 34.1 Å². The SMILES string of the molecule is Fc1cc(CN(CC2CCCN2)C2CC2)ccc1Br. The molecule has 4 heteroatoms. The molecule has 19 heavy (non-hydrogen) atoms. The molecular weight excluding hydrogens is 307 g/mol. The van der Waals surface area contributed by atoms with Crippen LogP contribution in [0.2, 0.25) is 0 Å². The Kier molecular flexibility index (Phi) is 4.20. The van der Waals surface area contributed by atoms with E-state index in [9.17, 15) is 4.39 Å². The zero-order chi connectivity index (χ0) is 13.2. The van der Waals surface area contributed by atoms with Gasteiger partial charge in [0.15, 0.2) is 0 Å². The zero-order valence-corrected chi connectivity index (χ0v) is 12.6. The molecule has 1 unspecified atom stereocenters. The third kappa shape index (κ3) is 3.56. The van der Waals surface area contributed by atoms with Crippen molar-refractivity contribution in [1.82, 2.24) is 10.2 Å². The standard InChI is InChI=1S/C15H20BrFN2/c16-14-6-3-11(8-15(14)17)9-19(13-4-5-13)10-12-2-1-7-18-12/h3,6,8,12-13,18H,1-2,4-5,7,9-10H2. The summed E-state index contributed by atoms with van der Waals surface area (Å²) in [6, 6.07) is 6.82. The third-order valence-corrected chi connectivity index (χ3v) is 4.69. The van der Waals surface area contributed by atoms with E-state index in [4.69, 9.17) is 0 Å². The van der Waals surface area contributed by atoms with Gasteiger partial charge >= 0.3 is 0 Å². The van der Waals surface area contributed by atoms with E-state index < -0.39 is 0 Å². The first kappa shape index (κ1) is 13.5. The van der Waals surface area contributed by atoms with Gasteiger partial charge in [-0.05, 0) is 65.9 Å². The first-order valence-electron chi connectivity index (χ1n) is 7.14. The molecule has 1 aliphatic carbocycles. The Morgan fingerprint density at radius 3 is 2.79 bits per heavy atom. The van der Waals surface area contributed by atoms with Gasteiger partial charge in [0.1, 0.15) is 5.82 Å². The smallest absolute Gasteiger partial charge is 0.137 e. The van der Waals surface area contributed by atoms with Gasteiger partial charge in [-0.1, -0.05) is 6.07 Å². The van der Waals surface area contributed by atoms with Gasteiger partial charge in [0, 0.05) is 25.2 Å². The van der Waals surface area contributed by atoms with Gasteiger partial charge in [0.2, 0.25) is 0 Å². The second-order valence-corrected chi connectivity index (χ2v) is 6.56. The lowest BCUT2D eigenvalue weighted by Crippen LogP contribution is -2.38. The predicted molar refractivity (Wildman–Crippen MR) is 78.6 cm³/mol. The fourth-order valence-corrected chi connectivity index (χ4v) is 3.10. The van der Waals surface area contributed by atoms with E-state index in [2.05, 4.69) is 26.1 Å². The molecule has 0 amide bonds. The zero-order valence-electron chi connectivity index (χ0n) is 11.0. The van der Waals surface area contributed by atoms with Crippen LogP contribution in [0.5, 0.6) is 0 Å². The van der Waals surface area contributed by atoms with E-state index in [0.29, 0.717) is 16.6 Å². The topological polar surface area (TPSA) is 15.3 Å². The Morgan fingerprint density at radius 2 is 2.16 bits per heavy atom. The highest BCUT2D eigenvalue weighted by atomic mass is 79.9. The van der Waals surface area contributed by atoms with E-state index in [1.807, 2.05) is 12.1 Å². The Balaban J connectivity index is 1.64. The molecule has 0 aromatic heterocycles. The second kappa shape index (κ2) is 5.90. The summed E-state index contributed by atoms with van der Waals surface area (Å²) >= 11 is 3.21. The van der Waals surface area contributed by atoms with Crippen LogP contribution in [0, 0.1) is 5.82 Å². The molecule has 2 nitrogen and oxygen atoms in total. The maximum atomic E-state index is 13.6. The normalized spacial score (nSPS) is 23.2. The molecule has 2 fully saturated rings. The molecule has 1 heterocycles. The van der Waals surface area contributed by atoms with Crippen molar-refractivity contribution in [1.29, 1.82) is 0 Å². The molecule has 104 valence electrons. The third-order valence-electron chi connectivity index (χ3n) is 4.05. The second-order valence-electron chi connectivity index (χ2n) is 5.70. The van der Waals surface area contributed by atoms with Crippen molar-refractivity contribution in [3.63, 3.8) is 0 Å². The summed E-state index contributed by atoms with van der Waals surface area (Å²) in [6.07, 6.45) is 5.16. The largest absolute Gasteiger partial charge is 0.313 e. The first-order valence-corrected chi connectivity index (χ1v) is 7.93. The minimum absolute atomic E-state index is 0.160. The number of rotatable bonds is 5. The average Bonchev–Trinajstić information content (AvgIpc) is 3.12. The molecule has 2 aliphatic rings. The van der Waals surface area contributed by atoms with Gasteiger partial charge in [-0.25, -0.2) is 4.39 Å². The quantitative estimate of drug-likeness (QED) is 0.893. The monoisotopic (exact) mass is 326 g/mol. The Labute approximate surface area is 122 Å². The summed E-state index contributed by atoms with van der Waals surface area (Å²) in [5, 5.41) is 3.55. The van der Waals surface area contributed by atoms with Crippen LogP contribution in [0.15, 0.2) is 22.7 Å². The fourth-order valence-electron chi connectivity index (χ4n) is 2.85. The molecule has 3 rings (SSSR count). The minimum atomic E-state index is -0.160. The average molecular weight is 327 g/mol. The number of benzene rings is 1. The molecule has 0 bridgehead atoms. The maximum Gasteiger partial charge on any atom is 0.137 e. The fraction of sp³-hybridized carbons (Fsp3) is 0.600. The summed E-state index contributed by atoms with van der Waals surface area (Å²) in [6.45, 7) is 3.12. The van der Waals surface area contributed by atoms with Crippen LogP contribution in [-0.2, 0) is 6.54 Å². The molecule has 1 aromatic carbocycles. The van der Waals surface area contributed by atoms with Crippen LogP contribution in [-0.4, -0.2) is 30.1 Å². The van der Waals surface area contributed by atoms with Gasteiger partial charge in [-0.3, -0.25) is 4.90 Å². The van der Waals surface area contributed by atoms with Gasteiger partial charge in [-0.2, -0.15) is 0 Å².